The molecule has 5 rings (SSSR count). The van der Waals surface area contributed by atoms with Crippen LogP contribution in [0.1, 0.15) is 10.4 Å². The first-order valence-electron chi connectivity index (χ1n) is 10.2. The third-order valence-corrected chi connectivity index (χ3v) is 7.56. The van der Waals surface area contributed by atoms with Gasteiger partial charge in [-0.3, -0.25) is 4.79 Å². The van der Waals surface area contributed by atoms with Gasteiger partial charge in [-0.15, -0.1) is 0 Å². The highest BCUT2D eigenvalue weighted by molar-refractivity contribution is 7.89. The van der Waals surface area contributed by atoms with Gasteiger partial charge in [0.25, 0.3) is 5.91 Å². The second kappa shape index (κ2) is 8.18. The maximum Gasteiger partial charge on any atom is 0.253 e. The molecule has 32 heavy (non-hydrogen) atoms. The highest BCUT2D eigenvalue weighted by Crippen LogP contribution is 2.25. The topological polar surface area (TPSA) is 96.6 Å². The van der Waals surface area contributed by atoms with Gasteiger partial charge >= 0.3 is 0 Å². The number of benzene rings is 3. The highest BCUT2D eigenvalue weighted by atomic mass is 32.2. The molecule has 0 saturated carbocycles. The standard InChI is InChI=1S/C23H20N4O4S/c28-23(19-11-9-18(10-12-19)17-5-2-1-3-6-17)26-13-15-27(16-14-26)32(29,30)21-8-4-7-20-22(21)25-31-24-20/h1-12H,13-16H2. The Morgan fingerprint density at radius 3 is 2.19 bits per heavy atom. The maximum atomic E-state index is 13.1. The van der Waals surface area contributed by atoms with Crippen molar-refractivity contribution in [3.63, 3.8) is 0 Å². The third kappa shape index (κ3) is 3.65. The van der Waals surface area contributed by atoms with Crippen molar-refractivity contribution >= 4 is 27.0 Å². The molecule has 1 saturated heterocycles. The number of nitrogens with zero attached hydrogens (tertiary/aromatic N) is 4. The van der Waals surface area contributed by atoms with E-state index < -0.39 is 10.0 Å². The first-order valence-corrected chi connectivity index (χ1v) is 11.6. The van der Waals surface area contributed by atoms with Crippen molar-refractivity contribution in [2.75, 3.05) is 26.2 Å². The van der Waals surface area contributed by atoms with E-state index in [2.05, 4.69) is 14.9 Å². The molecule has 1 fully saturated rings. The molecule has 0 atom stereocenters. The zero-order chi connectivity index (χ0) is 22.1. The van der Waals surface area contributed by atoms with E-state index in [0.29, 0.717) is 24.2 Å². The SMILES string of the molecule is O=C(c1ccc(-c2ccccc2)cc1)N1CCN(S(=O)(=O)c2cccc3nonc23)CC1. The van der Waals surface area contributed by atoms with Gasteiger partial charge in [0.2, 0.25) is 10.0 Å². The summed E-state index contributed by atoms with van der Waals surface area (Å²) in [5.74, 6) is -0.107. The Balaban J connectivity index is 1.28. The molecule has 4 aromatic rings. The van der Waals surface area contributed by atoms with Crippen LogP contribution in [-0.4, -0.2) is 60.0 Å². The summed E-state index contributed by atoms with van der Waals surface area (Å²) in [5.41, 5.74) is 3.31. The number of hydrogen-bond donors (Lipinski definition) is 0. The van der Waals surface area contributed by atoms with E-state index in [4.69, 9.17) is 0 Å². The van der Waals surface area contributed by atoms with Crippen molar-refractivity contribution in [1.29, 1.82) is 0 Å². The van der Waals surface area contributed by atoms with Gasteiger partial charge in [0.15, 0.2) is 5.52 Å². The number of carbonyl (C=O) groups excluding carboxylic acids is 1. The molecule has 2 heterocycles. The van der Waals surface area contributed by atoms with Crippen molar-refractivity contribution in [3.05, 3.63) is 78.4 Å². The smallest absolute Gasteiger partial charge is 0.253 e. The van der Waals surface area contributed by atoms with Crippen LogP contribution in [0.25, 0.3) is 22.2 Å². The fraction of sp³-hybridized carbons (Fsp3) is 0.174. The summed E-state index contributed by atoms with van der Waals surface area (Å²) in [7, 11) is -3.78. The second-order valence-electron chi connectivity index (χ2n) is 7.53. The van der Waals surface area contributed by atoms with Crippen molar-refractivity contribution in [3.8, 4) is 11.1 Å². The predicted octanol–water partition coefficient (Wildman–Crippen LogP) is 3.04. The minimum Gasteiger partial charge on any atom is -0.336 e. The Hall–Kier alpha value is -3.56. The molecule has 8 nitrogen and oxygen atoms in total. The van der Waals surface area contributed by atoms with Crippen LogP contribution in [0.15, 0.2) is 82.3 Å². The largest absolute Gasteiger partial charge is 0.336 e. The molecule has 0 unspecified atom stereocenters. The van der Waals surface area contributed by atoms with Gasteiger partial charge in [0.05, 0.1) is 0 Å². The molecule has 1 aromatic heterocycles. The highest BCUT2D eigenvalue weighted by Gasteiger charge is 2.32. The molecule has 1 aliphatic heterocycles. The lowest BCUT2D eigenvalue weighted by Gasteiger charge is -2.34. The number of piperazine rings is 1. The first-order chi connectivity index (χ1) is 15.5. The fourth-order valence-corrected chi connectivity index (χ4v) is 5.44. The van der Waals surface area contributed by atoms with Crippen molar-refractivity contribution in [2.24, 2.45) is 0 Å². The fourth-order valence-electron chi connectivity index (χ4n) is 3.88. The molecule has 0 aliphatic carbocycles. The Kier molecular flexibility index (Phi) is 5.20. The summed E-state index contributed by atoms with van der Waals surface area (Å²) in [6.45, 7) is 1.03. The van der Waals surface area contributed by atoms with Crippen LogP contribution >= 0.6 is 0 Å². The van der Waals surface area contributed by atoms with E-state index in [0.717, 1.165) is 11.1 Å². The van der Waals surface area contributed by atoms with Gasteiger partial charge in [0.1, 0.15) is 10.4 Å². The van der Waals surface area contributed by atoms with E-state index in [1.807, 2.05) is 54.6 Å². The van der Waals surface area contributed by atoms with Crippen molar-refractivity contribution in [2.45, 2.75) is 4.90 Å². The van der Waals surface area contributed by atoms with E-state index in [1.165, 1.54) is 10.4 Å². The molecular weight excluding hydrogens is 428 g/mol. The van der Waals surface area contributed by atoms with Gasteiger partial charge in [-0.25, -0.2) is 13.0 Å². The maximum absolute atomic E-state index is 13.1. The molecule has 1 aliphatic rings. The van der Waals surface area contributed by atoms with E-state index in [9.17, 15) is 13.2 Å². The van der Waals surface area contributed by atoms with Crippen LogP contribution < -0.4 is 0 Å². The molecule has 0 spiro atoms. The lowest BCUT2D eigenvalue weighted by molar-refractivity contribution is 0.0698. The molecule has 0 radical (unpaired) electrons. The lowest BCUT2D eigenvalue weighted by Crippen LogP contribution is -2.50. The Labute approximate surface area is 185 Å². The quantitative estimate of drug-likeness (QED) is 0.476. The summed E-state index contributed by atoms with van der Waals surface area (Å²) >= 11 is 0. The zero-order valence-electron chi connectivity index (χ0n) is 17.1. The van der Waals surface area contributed by atoms with E-state index in [-0.39, 0.29) is 29.4 Å². The van der Waals surface area contributed by atoms with Crippen LogP contribution in [0.4, 0.5) is 0 Å². The number of sulfonamides is 1. The molecule has 0 bridgehead atoms. The van der Waals surface area contributed by atoms with Gasteiger partial charge in [-0.1, -0.05) is 48.5 Å². The van der Waals surface area contributed by atoms with Gasteiger partial charge in [-0.2, -0.15) is 4.31 Å². The monoisotopic (exact) mass is 448 g/mol. The average molecular weight is 449 g/mol. The summed E-state index contributed by atoms with van der Waals surface area (Å²) in [6, 6.07) is 22.2. The Morgan fingerprint density at radius 1 is 0.781 bits per heavy atom. The third-order valence-electron chi connectivity index (χ3n) is 5.63. The molecule has 9 heteroatoms. The molecular formula is C23H20N4O4S. The lowest BCUT2D eigenvalue weighted by atomic mass is 10.0. The van der Waals surface area contributed by atoms with Gasteiger partial charge in [0, 0.05) is 31.7 Å². The van der Waals surface area contributed by atoms with E-state index >= 15 is 0 Å². The number of fused-ring (bicyclic) bond motifs is 1. The molecule has 1 amide bonds. The second-order valence-corrected chi connectivity index (χ2v) is 9.43. The number of hydrogen-bond acceptors (Lipinski definition) is 6. The predicted molar refractivity (Wildman–Crippen MR) is 118 cm³/mol. The van der Waals surface area contributed by atoms with Crippen molar-refractivity contribution < 1.29 is 17.8 Å². The van der Waals surface area contributed by atoms with Crippen molar-refractivity contribution in [1.82, 2.24) is 19.5 Å². The van der Waals surface area contributed by atoms with Crippen LogP contribution in [0.2, 0.25) is 0 Å². The minimum absolute atomic E-state index is 0.0625. The zero-order valence-corrected chi connectivity index (χ0v) is 17.9. The van der Waals surface area contributed by atoms with Crippen LogP contribution in [0.3, 0.4) is 0 Å². The Bertz CT molecular complexity index is 1360. The summed E-state index contributed by atoms with van der Waals surface area (Å²) in [6.07, 6.45) is 0. The number of aromatic nitrogens is 2. The number of amides is 1. The van der Waals surface area contributed by atoms with Crippen LogP contribution in [0, 0.1) is 0 Å². The summed E-state index contributed by atoms with van der Waals surface area (Å²) in [4.78, 5) is 14.7. The summed E-state index contributed by atoms with van der Waals surface area (Å²) in [5, 5.41) is 7.45. The molecule has 3 aromatic carbocycles. The molecule has 0 N–H and O–H groups in total. The first kappa shape index (κ1) is 20.3. The van der Waals surface area contributed by atoms with Crippen LogP contribution in [-0.2, 0) is 10.0 Å². The Morgan fingerprint density at radius 2 is 1.47 bits per heavy atom. The van der Waals surface area contributed by atoms with Gasteiger partial charge < -0.3 is 4.90 Å². The van der Waals surface area contributed by atoms with Crippen LogP contribution in [0.5, 0.6) is 0 Å². The minimum atomic E-state index is -3.78. The number of rotatable bonds is 4. The normalized spacial score (nSPS) is 15.2. The average Bonchev–Trinajstić information content (AvgIpc) is 3.33. The summed E-state index contributed by atoms with van der Waals surface area (Å²) < 4.78 is 32.3. The number of carbonyl (C=O) groups is 1. The van der Waals surface area contributed by atoms with E-state index in [1.54, 1.807) is 17.0 Å². The molecule has 162 valence electrons. The van der Waals surface area contributed by atoms with Gasteiger partial charge in [-0.05, 0) is 45.7 Å².